The van der Waals surface area contributed by atoms with Crippen molar-refractivity contribution in [3.8, 4) is 0 Å². The number of anilines is 1. The first-order chi connectivity index (χ1) is 20.2. The molecular weight excluding hydrogens is 560 g/mol. The molecule has 0 unspecified atom stereocenters. The maximum Gasteiger partial charge on any atom is 0.413 e. The first-order valence-corrected chi connectivity index (χ1v) is 15.7. The van der Waals surface area contributed by atoms with Crippen LogP contribution in [0.5, 0.6) is 0 Å². The fourth-order valence-electron chi connectivity index (χ4n) is 5.06. The maximum absolute atomic E-state index is 12.8. The monoisotopic (exact) mass is 594 g/mol. The summed E-state index contributed by atoms with van der Waals surface area (Å²) in [7, 11) is -2.88. The van der Waals surface area contributed by atoms with E-state index in [4.69, 9.17) is 9.72 Å². The molecule has 13 heteroatoms. The summed E-state index contributed by atoms with van der Waals surface area (Å²) in [6.07, 6.45) is -0.209. The fourth-order valence-corrected chi connectivity index (χ4v) is 6.42. The lowest BCUT2D eigenvalue weighted by Crippen LogP contribution is -2.51. The van der Waals surface area contributed by atoms with E-state index in [1.54, 1.807) is 6.92 Å². The van der Waals surface area contributed by atoms with E-state index in [1.807, 2.05) is 59.2 Å². The molecule has 42 heavy (non-hydrogen) atoms. The maximum atomic E-state index is 12.8. The van der Waals surface area contributed by atoms with Gasteiger partial charge in [-0.1, -0.05) is 48.5 Å². The number of rotatable bonds is 12. The number of amides is 2. The molecule has 0 atom stereocenters. The van der Waals surface area contributed by atoms with Gasteiger partial charge in [-0.3, -0.25) is 5.32 Å². The minimum Gasteiger partial charge on any atom is -0.465 e. The van der Waals surface area contributed by atoms with Gasteiger partial charge in [0.15, 0.2) is 15.7 Å². The van der Waals surface area contributed by atoms with Gasteiger partial charge in [-0.25, -0.2) is 28.0 Å². The van der Waals surface area contributed by atoms with Gasteiger partial charge >= 0.3 is 12.2 Å². The molecule has 2 aromatic heterocycles. The Labute approximate surface area is 243 Å². The molecule has 0 saturated carbocycles. The van der Waals surface area contributed by atoms with Crippen LogP contribution in [0.2, 0.25) is 0 Å². The van der Waals surface area contributed by atoms with Crippen molar-refractivity contribution in [1.29, 1.82) is 0 Å². The number of sulfone groups is 1. The lowest BCUT2D eigenvalue weighted by atomic mass is 10.2. The lowest BCUT2D eigenvalue weighted by Gasteiger charge is -2.26. The van der Waals surface area contributed by atoms with Gasteiger partial charge in [0.25, 0.3) is 0 Å². The number of carbonyl (C=O) groups excluding carboxylic acids is 1. The second-order valence-electron chi connectivity index (χ2n) is 10.3. The molecule has 3 N–H and O–H groups in total. The van der Waals surface area contributed by atoms with Crippen LogP contribution in [0.4, 0.5) is 15.4 Å². The summed E-state index contributed by atoms with van der Waals surface area (Å²) in [6.45, 7) is 3.40. The van der Waals surface area contributed by atoms with Gasteiger partial charge in [0.2, 0.25) is 0 Å². The van der Waals surface area contributed by atoms with Crippen LogP contribution >= 0.6 is 0 Å². The third-order valence-corrected chi connectivity index (χ3v) is 9.05. The number of pyridine rings is 1. The summed E-state index contributed by atoms with van der Waals surface area (Å²) < 4.78 is 30.3. The third-order valence-electron chi connectivity index (χ3n) is 7.23. The van der Waals surface area contributed by atoms with Crippen LogP contribution in [0.15, 0.2) is 54.6 Å². The van der Waals surface area contributed by atoms with Gasteiger partial charge in [0, 0.05) is 24.5 Å². The Balaban J connectivity index is 1.43. The zero-order chi connectivity index (χ0) is 29.7. The predicted octanol–water partition coefficient (Wildman–Crippen LogP) is 4.00. The second kappa shape index (κ2) is 12.7. The van der Waals surface area contributed by atoms with Crippen molar-refractivity contribution in [3.05, 3.63) is 66.0 Å². The molecule has 1 aliphatic heterocycles. The van der Waals surface area contributed by atoms with Gasteiger partial charge in [-0.15, -0.1) is 0 Å². The number of aromatic nitrogens is 3. The van der Waals surface area contributed by atoms with Crippen LogP contribution in [0.3, 0.4) is 0 Å². The molecule has 0 spiro atoms. The van der Waals surface area contributed by atoms with Crippen LogP contribution in [-0.2, 0) is 34.3 Å². The largest absolute Gasteiger partial charge is 0.465 e. The molecule has 2 aromatic carbocycles. The molecule has 5 rings (SSSR count). The number of carboxylic acid groups (broad SMARTS) is 1. The Morgan fingerprint density at radius 3 is 2.52 bits per heavy atom. The average molecular weight is 595 g/mol. The van der Waals surface area contributed by atoms with Crippen LogP contribution < -0.4 is 10.6 Å². The third kappa shape index (κ3) is 6.80. The van der Waals surface area contributed by atoms with Gasteiger partial charge in [0.05, 0.1) is 29.1 Å². The molecule has 4 aromatic rings. The highest BCUT2D eigenvalue weighted by atomic mass is 32.2. The highest BCUT2D eigenvalue weighted by molar-refractivity contribution is 7.92. The number of hydrogen-bond acceptors (Lipinski definition) is 8. The second-order valence-corrected chi connectivity index (χ2v) is 12.4. The molecule has 0 aliphatic carbocycles. The average Bonchev–Trinajstić information content (AvgIpc) is 3.32. The van der Waals surface area contributed by atoms with Crippen LogP contribution in [0.25, 0.3) is 21.9 Å². The molecule has 3 heterocycles. The number of aryl methyl sites for hydroxylation is 1. The zero-order valence-corrected chi connectivity index (χ0v) is 24.1. The van der Waals surface area contributed by atoms with Crippen molar-refractivity contribution in [2.24, 2.45) is 0 Å². The van der Waals surface area contributed by atoms with Gasteiger partial charge in [0.1, 0.15) is 17.9 Å². The van der Waals surface area contributed by atoms with Crippen molar-refractivity contribution in [1.82, 2.24) is 24.8 Å². The van der Waals surface area contributed by atoms with Crippen molar-refractivity contribution >= 4 is 49.8 Å². The molecule has 0 bridgehead atoms. The Morgan fingerprint density at radius 2 is 1.81 bits per heavy atom. The number of ether oxygens (including phenoxy) is 1. The smallest absolute Gasteiger partial charge is 0.413 e. The van der Waals surface area contributed by atoms with E-state index in [0.717, 1.165) is 29.3 Å². The van der Waals surface area contributed by atoms with E-state index < -0.39 is 22.0 Å². The summed E-state index contributed by atoms with van der Waals surface area (Å²) in [5, 5.41) is 16.6. The summed E-state index contributed by atoms with van der Waals surface area (Å²) >= 11 is 0. The normalized spacial score (nSPS) is 14.5. The van der Waals surface area contributed by atoms with Crippen molar-refractivity contribution in [2.75, 3.05) is 29.9 Å². The molecule has 1 saturated heterocycles. The summed E-state index contributed by atoms with van der Waals surface area (Å²) in [5.74, 6) is 1.11. The fraction of sp³-hybridized carbons (Fsp3) is 0.379. The molecule has 1 aliphatic rings. The van der Waals surface area contributed by atoms with Gasteiger partial charge in [-0.05, 0) is 37.9 Å². The summed E-state index contributed by atoms with van der Waals surface area (Å²) in [5.41, 5.74) is 2.68. The first-order valence-electron chi connectivity index (χ1n) is 13.9. The van der Waals surface area contributed by atoms with Crippen molar-refractivity contribution in [2.45, 2.75) is 45.5 Å². The predicted molar refractivity (Wildman–Crippen MR) is 159 cm³/mol. The van der Waals surface area contributed by atoms with E-state index in [9.17, 15) is 23.1 Å². The number of nitrogens with one attached hydrogen (secondary N) is 2. The molecule has 12 nitrogen and oxygen atoms in total. The van der Waals surface area contributed by atoms with Crippen LogP contribution in [0.1, 0.15) is 31.2 Å². The van der Waals surface area contributed by atoms with E-state index in [1.165, 1.54) is 4.90 Å². The van der Waals surface area contributed by atoms with Gasteiger partial charge in [-0.2, -0.15) is 0 Å². The SMILES string of the molecule is CCN(Cc1nc2c(NC(=O)OCc3ccccc3)nc3ccccc3c2n1CCCCNC1CS(=O)(=O)C1)C(=O)O. The number of imidazole rings is 1. The number of para-hydroxylation sites is 1. The number of fused-ring (bicyclic) bond motifs is 3. The van der Waals surface area contributed by atoms with E-state index in [-0.39, 0.29) is 43.1 Å². The Hall–Kier alpha value is -4.23. The molecular formula is C29H34N6O6S. The quantitative estimate of drug-likeness (QED) is 0.206. The zero-order valence-electron chi connectivity index (χ0n) is 23.3. The van der Waals surface area contributed by atoms with E-state index >= 15 is 0 Å². The first kappa shape index (κ1) is 29.3. The number of nitrogens with zero attached hydrogens (tertiary/aromatic N) is 4. The van der Waals surface area contributed by atoms with Crippen molar-refractivity contribution < 1.29 is 27.9 Å². The van der Waals surface area contributed by atoms with Crippen LogP contribution in [0, 0.1) is 0 Å². The minimum absolute atomic E-state index is 0.00128. The number of unbranched alkanes of at least 4 members (excludes halogenated alkanes) is 1. The number of carbonyl (C=O) groups is 2. The number of benzene rings is 2. The topological polar surface area (TPSA) is 156 Å². The summed E-state index contributed by atoms with van der Waals surface area (Å²) in [4.78, 5) is 35.4. The van der Waals surface area contributed by atoms with E-state index in [2.05, 4.69) is 15.6 Å². The van der Waals surface area contributed by atoms with Crippen molar-refractivity contribution in [3.63, 3.8) is 0 Å². The molecule has 0 radical (unpaired) electrons. The Morgan fingerprint density at radius 1 is 1.07 bits per heavy atom. The van der Waals surface area contributed by atoms with Crippen LogP contribution in [-0.4, -0.2) is 75.8 Å². The number of hydrogen-bond donors (Lipinski definition) is 3. The van der Waals surface area contributed by atoms with Gasteiger partial charge < -0.3 is 24.6 Å². The van der Waals surface area contributed by atoms with E-state index in [0.29, 0.717) is 29.9 Å². The summed E-state index contributed by atoms with van der Waals surface area (Å²) in [6, 6.07) is 16.9. The molecule has 222 valence electrons. The highest BCUT2D eigenvalue weighted by Gasteiger charge is 2.32. The molecule has 1 fully saturated rings. The minimum atomic E-state index is -2.88. The molecule has 2 amide bonds. The Kier molecular flexibility index (Phi) is 8.88. The Bertz CT molecular complexity index is 1680. The highest BCUT2D eigenvalue weighted by Crippen LogP contribution is 2.31. The standard InChI is InChI=1S/C29H34N6O6S/c1-2-34(29(37)38)16-24-32-25-26(35(24)15-9-8-14-30-21-18-42(39,40)19-21)22-12-6-7-13-23(22)31-27(25)33-28(36)41-17-20-10-4-3-5-11-20/h3-7,10-13,21,30H,2,8-9,14-19H2,1H3,(H,37,38)(H,31,33,36). The lowest BCUT2D eigenvalue weighted by molar-refractivity contribution is 0.143.